The molecule has 1 fully saturated rings. The van der Waals surface area contributed by atoms with Crippen molar-refractivity contribution < 1.29 is 4.79 Å². The highest BCUT2D eigenvalue weighted by Gasteiger charge is 2.26. The van der Waals surface area contributed by atoms with Crippen LogP contribution in [0.25, 0.3) is 0 Å². The van der Waals surface area contributed by atoms with E-state index in [0.717, 1.165) is 31.4 Å². The molecule has 4 nitrogen and oxygen atoms in total. The highest BCUT2D eigenvalue weighted by atomic mass is 16.2. The molecule has 4 heteroatoms. The number of rotatable bonds is 3. The Kier molecular flexibility index (Phi) is 4.31. The molecule has 2 N–H and O–H groups in total. The van der Waals surface area contributed by atoms with Crippen LogP contribution < -0.4 is 5.73 Å². The van der Waals surface area contributed by atoms with Gasteiger partial charge in [-0.1, -0.05) is 13.0 Å². The van der Waals surface area contributed by atoms with Crippen LogP contribution in [0.4, 0.5) is 0 Å². The maximum atomic E-state index is 12.4. The van der Waals surface area contributed by atoms with Gasteiger partial charge in [-0.05, 0) is 37.3 Å². The van der Waals surface area contributed by atoms with Gasteiger partial charge in [0.2, 0.25) is 0 Å². The van der Waals surface area contributed by atoms with Crippen molar-refractivity contribution in [2.75, 3.05) is 6.54 Å². The predicted octanol–water partition coefficient (Wildman–Crippen LogP) is 1.95. The number of amides is 1. The van der Waals surface area contributed by atoms with Gasteiger partial charge < -0.3 is 10.6 Å². The van der Waals surface area contributed by atoms with Crippen molar-refractivity contribution in [1.82, 2.24) is 9.88 Å². The van der Waals surface area contributed by atoms with Crippen LogP contribution in [0.2, 0.25) is 0 Å². The molecule has 1 atom stereocenters. The van der Waals surface area contributed by atoms with Crippen LogP contribution in [-0.4, -0.2) is 28.4 Å². The predicted molar refractivity (Wildman–Crippen MR) is 71.1 cm³/mol. The van der Waals surface area contributed by atoms with Gasteiger partial charge in [0.1, 0.15) is 5.69 Å². The molecule has 0 aromatic carbocycles. The summed E-state index contributed by atoms with van der Waals surface area (Å²) in [5, 5.41) is 0. The number of nitrogens with two attached hydrogens (primary N) is 1. The smallest absolute Gasteiger partial charge is 0.272 e. The normalized spacial score (nSPS) is 19.9. The lowest BCUT2D eigenvalue weighted by molar-refractivity contribution is 0.0602. The van der Waals surface area contributed by atoms with Crippen molar-refractivity contribution in [3.8, 4) is 0 Å². The fraction of sp³-hybridized carbons (Fsp3) is 0.571. The van der Waals surface area contributed by atoms with Crippen LogP contribution in [0.3, 0.4) is 0 Å². The number of hydrogen-bond donors (Lipinski definition) is 1. The van der Waals surface area contributed by atoms with Crippen molar-refractivity contribution in [1.29, 1.82) is 0 Å². The fourth-order valence-electron chi connectivity index (χ4n) is 2.51. The Labute approximate surface area is 108 Å². The summed E-state index contributed by atoms with van der Waals surface area (Å²) in [5.41, 5.74) is 7.02. The molecule has 2 heterocycles. The molecule has 1 aliphatic rings. The van der Waals surface area contributed by atoms with Crippen molar-refractivity contribution in [3.05, 3.63) is 29.6 Å². The Morgan fingerprint density at radius 3 is 2.94 bits per heavy atom. The molecule has 0 aliphatic carbocycles. The second kappa shape index (κ2) is 5.96. The van der Waals surface area contributed by atoms with E-state index in [0.29, 0.717) is 18.3 Å². The molecule has 1 aromatic heterocycles. The van der Waals surface area contributed by atoms with Gasteiger partial charge in [-0.3, -0.25) is 9.78 Å². The molecule has 1 saturated heterocycles. The van der Waals surface area contributed by atoms with Crippen molar-refractivity contribution in [2.24, 2.45) is 5.73 Å². The molecule has 18 heavy (non-hydrogen) atoms. The van der Waals surface area contributed by atoms with Gasteiger partial charge in [0.15, 0.2) is 0 Å². The van der Waals surface area contributed by atoms with Crippen LogP contribution in [-0.2, 0) is 6.54 Å². The Balaban J connectivity index is 2.13. The Morgan fingerprint density at radius 1 is 1.50 bits per heavy atom. The first kappa shape index (κ1) is 13.0. The third-order valence-corrected chi connectivity index (χ3v) is 3.64. The lowest BCUT2D eigenvalue weighted by Gasteiger charge is -2.35. The molecule has 0 saturated carbocycles. The first-order chi connectivity index (χ1) is 8.76. The van der Waals surface area contributed by atoms with Gasteiger partial charge in [-0.25, -0.2) is 0 Å². The summed E-state index contributed by atoms with van der Waals surface area (Å²) in [7, 11) is 0. The van der Waals surface area contributed by atoms with Crippen LogP contribution in [0, 0.1) is 0 Å². The number of aromatic nitrogens is 1. The Hall–Kier alpha value is -1.42. The van der Waals surface area contributed by atoms with Crippen LogP contribution >= 0.6 is 0 Å². The van der Waals surface area contributed by atoms with E-state index in [2.05, 4.69) is 11.9 Å². The average Bonchev–Trinajstić information content (AvgIpc) is 2.46. The summed E-state index contributed by atoms with van der Waals surface area (Å²) in [6, 6.07) is 4.04. The zero-order chi connectivity index (χ0) is 13.0. The van der Waals surface area contributed by atoms with Crippen molar-refractivity contribution >= 4 is 5.91 Å². The summed E-state index contributed by atoms with van der Waals surface area (Å²) in [5.74, 6) is 0.0603. The summed E-state index contributed by atoms with van der Waals surface area (Å²) in [6.07, 6.45) is 6.15. The standard InChI is InChI=1S/C14H21N3O/c1-2-12-5-3-4-8-17(12)14(18)13-7-6-11(9-15)10-16-13/h6-7,10,12H,2-5,8-9,15H2,1H3. The molecule has 0 spiro atoms. The molecule has 1 aliphatic heterocycles. The van der Waals surface area contributed by atoms with Gasteiger partial charge in [-0.15, -0.1) is 0 Å². The number of carbonyl (C=O) groups is 1. The minimum absolute atomic E-state index is 0.0603. The second-order valence-corrected chi connectivity index (χ2v) is 4.81. The Morgan fingerprint density at radius 2 is 2.33 bits per heavy atom. The topological polar surface area (TPSA) is 59.2 Å². The van der Waals surface area contributed by atoms with Crippen LogP contribution in [0.15, 0.2) is 18.3 Å². The number of hydrogen-bond acceptors (Lipinski definition) is 3. The van der Waals surface area contributed by atoms with Crippen molar-refractivity contribution in [2.45, 2.75) is 45.2 Å². The van der Waals surface area contributed by atoms with Crippen molar-refractivity contribution in [3.63, 3.8) is 0 Å². The number of nitrogens with zero attached hydrogens (tertiary/aromatic N) is 2. The van der Waals surface area contributed by atoms with E-state index < -0.39 is 0 Å². The van der Waals surface area contributed by atoms with Gasteiger partial charge in [0.25, 0.3) is 5.91 Å². The quantitative estimate of drug-likeness (QED) is 0.888. The average molecular weight is 247 g/mol. The van der Waals surface area contributed by atoms with E-state index in [1.807, 2.05) is 11.0 Å². The fourth-order valence-corrected chi connectivity index (χ4v) is 2.51. The second-order valence-electron chi connectivity index (χ2n) is 4.81. The largest absolute Gasteiger partial charge is 0.334 e. The molecule has 2 rings (SSSR count). The molecule has 0 radical (unpaired) electrons. The first-order valence-electron chi connectivity index (χ1n) is 6.72. The molecule has 1 unspecified atom stereocenters. The molecular weight excluding hydrogens is 226 g/mol. The van der Waals surface area contributed by atoms with E-state index in [1.165, 1.54) is 6.42 Å². The summed E-state index contributed by atoms with van der Waals surface area (Å²) < 4.78 is 0. The molecule has 98 valence electrons. The number of piperidine rings is 1. The Bertz CT molecular complexity index is 402. The zero-order valence-corrected chi connectivity index (χ0v) is 10.9. The van der Waals surface area contributed by atoms with E-state index >= 15 is 0 Å². The minimum Gasteiger partial charge on any atom is -0.334 e. The van der Waals surface area contributed by atoms with E-state index in [4.69, 9.17) is 5.73 Å². The molecule has 0 bridgehead atoms. The number of pyridine rings is 1. The number of carbonyl (C=O) groups excluding carboxylic acids is 1. The first-order valence-corrected chi connectivity index (χ1v) is 6.72. The van der Waals surface area contributed by atoms with Gasteiger partial charge in [0.05, 0.1) is 0 Å². The summed E-state index contributed by atoms with van der Waals surface area (Å²) in [4.78, 5) is 18.6. The highest BCUT2D eigenvalue weighted by Crippen LogP contribution is 2.21. The van der Waals surface area contributed by atoms with Gasteiger partial charge >= 0.3 is 0 Å². The minimum atomic E-state index is 0.0603. The third kappa shape index (κ3) is 2.70. The highest BCUT2D eigenvalue weighted by molar-refractivity contribution is 5.92. The maximum Gasteiger partial charge on any atom is 0.272 e. The third-order valence-electron chi connectivity index (χ3n) is 3.64. The van der Waals surface area contributed by atoms with Crippen LogP contribution in [0.5, 0.6) is 0 Å². The van der Waals surface area contributed by atoms with Gasteiger partial charge in [-0.2, -0.15) is 0 Å². The molecule has 1 amide bonds. The van der Waals surface area contributed by atoms with Gasteiger partial charge in [0, 0.05) is 25.3 Å². The lowest BCUT2D eigenvalue weighted by atomic mass is 9.99. The number of likely N-dealkylation sites (tertiary alicyclic amines) is 1. The molecular formula is C14H21N3O. The van der Waals surface area contributed by atoms with E-state index in [9.17, 15) is 4.79 Å². The zero-order valence-electron chi connectivity index (χ0n) is 10.9. The SMILES string of the molecule is CCC1CCCCN1C(=O)c1ccc(CN)cn1. The van der Waals surface area contributed by atoms with E-state index in [1.54, 1.807) is 12.3 Å². The van der Waals surface area contributed by atoms with Crippen LogP contribution in [0.1, 0.15) is 48.7 Å². The maximum absolute atomic E-state index is 12.4. The van der Waals surface area contributed by atoms with E-state index in [-0.39, 0.29) is 5.91 Å². The lowest BCUT2D eigenvalue weighted by Crippen LogP contribution is -2.43. The monoisotopic (exact) mass is 247 g/mol. The summed E-state index contributed by atoms with van der Waals surface area (Å²) >= 11 is 0. The molecule has 1 aromatic rings. The summed E-state index contributed by atoms with van der Waals surface area (Å²) in [6.45, 7) is 3.46.